The third-order valence-electron chi connectivity index (χ3n) is 4.68. The minimum absolute atomic E-state index is 0.0307. The van der Waals surface area contributed by atoms with E-state index in [9.17, 15) is 19.1 Å². The van der Waals surface area contributed by atoms with Crippen LogP contribution in [0.3, 0.4) is 0 Å². The van der Waals surface area contributed by atoms with Crippen LogP contribution >= 0.6 is 22.7 Å². The quantitative estimate of drug-likeness (QED) is 0.366. The number of ether oxygens (including phenoxy) is 1. The molecular formula is C21H16FNO4S2. The Kier molecular flexibility index (Phi) is 5.21. The number of aliphatic hydroxyl groups is 1. The summed E-state index contributed by atoms with van der Waals surface area (Å²) in [5, 5.41) is 14.7. The summed E-state index contributed by atoms with van der Waals surface area (Å²) in [7, 11) is 1.39. The first-order valence-electron chi connectivity index (χ1n) is 8.69. The molecule has 1 N–H and O–H groups in total. The van der Waals surface area contributed by atoms with E-state index < -0.39 is 29.3 Å². The van der Waals surface area contributed by atoms with Crippen molar-refractivity contribution in [2.45, 2.75) is 12.6 Å². The summed E-state index contributed by atoms with van der Waals surface area (Å²) in [5.41, 5.74) is -0.0407. The van der Waals surface area contributed by atoms with E-state index in [4.69, 9.17) is 4.74 Å². The molecule has 0 saturated carbocycles. The average Bonchev–Trinajstić information content (AvgIpc) is 3.46. The van der Waals surface area contributed by atoms with Crippen molar-refractivity contribution < 1.29 is 23.8 Å². The van der Waals surface area contributed by atoms with Crippen molar-refractivity contribution in [3.63, 3.8) is 0 Å². The van der Waals surface area contributed by atoms with E-state index in [1.54, 1.807) is 6.07 Å². The number of nitrogens with zero attached hydrogens (tertiary/aromatic N) is 1. The monoisotopic (exact) mass is 429 g/mol. The second-order valence-electron chi connectivity index (χ2n) is 6.37. The smallest absolute Gasteiger partial charge is 0.296 e. The summed E-state index contributed by atoms with van der Waals surface area (Å²) in [5.74, 6) is -2.34. The number of carbonyl (C=O) groups is 2. The van der Waals surface area contributed by atoms with Gasteiger partial charge in [0.15, 0.2) is 0 Å². The molecule has 5 nitrogen and oxygen atoms in total. The maximum atomic E-state index is 13.9. The van der Waals surface area contributed by atoms with Gasteiger partial charge in [-0.2, -0.15) is 0 Å². The normalized spacial score (nSPS) is 18.4. The van der Waals surface area contributed by atoms with Crippen LogP contribution in [0.2, 0.25) is 0 Å². The number of rotatable bonds is 5. The van der Waals surface area contributed by atoms with Crippen molar-refractivity contribution in [1.29, 1.82) is 0 Å². The summed E-state index contributed by atoms with van der Waals surface area (Å²) in [6.07, 6.45) is 0. The van der Waals surface area contributed by atoms with E-state index in [1.807, 2.05) is 29.0 Å². The van der Waals surface area contributed by atoms with Crippen molar-refractivity contribution in [2.75, 3.05) is 7.11 Å². The van der Waals surface area contributed by atoms with E-state index in [0.717, 1.165) is 15.8 Å². The Balaban J connectivity index is 1.89. The van der Waals surface area contributed by atoms with Crippen LogP contribution in [0.4, 0.5) is 4.39 Å². The van der Waals surface area contributed by atoms with Gasteiger partial charge in [-0.15, -0.1) is 22.7 Å². The molecular weight excluding hydrogens is 413 g/mol. The molecule has 3 heterocycles. The lowest BCUT2D eigenvalue weighted by atomic mass is 9.99. The zero-order chi connectivity index (χ0) is 20.5. The summed E-state index contributed by atoms with van der Waals surface area (Å²) in [6, 6.07) is 10.3. The number of Topliss-reactive ketones (excluding diaryl/α,β-unsaturated/α-hetero) is 1. The van der Waals surface area contributed by atoms with E-state index in [2.05, 4.69) is 0 Å². The molecule has 1 saturated heterocycles. The van der Waals surface area contributed by atoms with Crippen molar-refractivity contribution in [3.8, 4) is 5.75 Å². The Morgan fingerprint density at radius 1 is 1.17 bits per heavy atom. The Hall–Kier alpha value is -2.97. The van der Waals surface area contributed by atoms with Crippen molar-refractivity contribution in [1.82, 2.24) is 4.90 Å². The van der Waals surface area contributed by atoms with Crippen LogP contribution in [-0.4, -0.2) is 28.8 Å². The number of thiophene rings is 2. The number of ketones is 1. The summed E-state index contributed by atoms with van der Waals surface area (Å²) in [4.78, 5) is 28.8. The molecule has 0 aliphatic carbocycles. The van der Waals surface area contributed by atoms with E-state index in [0.29, 0.717) is 0 Å². The predicted molar refractivity (Wildman–Crippen MR) is 109 cm³/mol. The van der Waals surface area contributed by atoms with Gasteiger partial charge in [0.25, 0.3) is 11.7 Å². The molecule has 8 heteroatoms. The van der Waals surface area contributed by atoms with Crippen LogP contribution in [0, 0.1) is 5.82 Å². The second kappa shape index (κ2) is 7.81. The van der Waals surface area contributed by atoms with Gasteiger partial charge in [0, 0.05) is 9.75 Å². The SMILES string of the molecule is COc1ccc(F)cc1/C(O)=C1/C(=O)C(=O)N(Cc2cccs2)C1c1cccs1. The molecule has 1 unspecified atom stereocenters. The molecule has 1 atom stereocenters. The first-order valence-corrected chi connectivity index (χ1v) is 10.4. The summed E-state index contributed by atoms with van der Waals surface area (Å²) >= 11 is 2.85. The van der Waals surface area contributed by atoms with E-state index in [-0.39, 0.29) is 23.4 Å². The molecule has 0 spiro atoms. The highest BCUT2D eigenvalue weighted by Gasteiger charge is 2.46. The fourth-order valence-corrected chi connectivity index (χ4v) is 4.91. The minimum atomic E-state index is -0.802. The molecule has 3 aromatic rings. The molecule has 1 aliphatic rings. The van der Waals surface area contributed by atoms with Gasteiger partial charge in [-0.25, -0.2) is 4.39 Å². The van der Waals surface area contributed by atoms with Crippen LogP contribution in [0.15, 0.2) is 58.8 Å². The molecule has 2 aromatic heterocycles. The molecule has 29 heavy (non-hydrogen) atoms. The summed E-state index contributed by atoms with van der Waals surface area (Å²) < 4.78 is 19.1. The van der Waals surface area contributed by atoms with E-state index in [1.165, 1.54) is 46.8 Å². The van der Waals surface area contributed by atoms with Crippen LogP contribution < -0.4 is 4.74 Å². The van der Waals surface area contributed by atoms with Gasteiger partial charge in [-0.1, -0.05) is 12.1 Å². The van der Waals surface area contributed by atoms with Crippen LogP contribution in [-0.2, 0) is 16.1 Å². The van der Waals surface area contributed by atoms with Gasteiger partial charge < -0.3 is 14.7 Å². The Bertz CT molecular complexity index is 1090. The zero-order valence-corrected chi connectivity index (χ0v) is 16.9. The number of hydrogen-bond acceptors (Lipinski definition) is 6. The maximum Gasteiger partial charge on any atom is 0.296 e. The largest absolute Gasteiger partial charge is 0.507 e. The first kappa shape index (κ1) is 19.4. The lowest BCUT2D eigenvalue weighted by Crippen LogP contribution is -2.28. The van der Waals surface area contributed by atoms with Crippen LogP contribution in [0.5, 0.6) is 5.75 Å². The fraction of sp³-hybridized carbons (Fsp3) is 0.143. The van der Waals surface area contributed by atoms with Gasteiger partial charge in [0.05, 0.1) is 24.8 Å². The topological polar surface area (TPSA) is 66.8 Å². The highest BCUT2D eigenvalue weighted by molar-refractivity contribution is 7.10. The van der Waals surface area contributed by atoms with Gasteiger partial charge in [-0.3, -0.25) is 9.59 Å². The van der Waals surface area contributed by atoms with Gasteiger partial charge in [0.2, 0.25) is 0 Å². The number of methoxy groups -OCH3 is 1. The van der Waals surface area contributed by atoms with Gasteiger partial charge in [-0.05, 0) is 41.1 Å². The molecule has 0 radical (unpaired) electrons. The molecule has 148 valence electrons. The van der Waals surface area contributed by atoms with Gasteiger partial charge in [0.1, 0.15) is 23.4 Å². The third-order valence-corrected chi connectivity index (χ3v) is 6.46. The standard InChI is InChI=1S/C21H16FNO4S2/c1-27-15-7-6-12(22)10-14(15)19(24)17-18(16-5-3-9-29-16)23(21(26)20(17)25)11-13-4-2-8-28-13/h2-10,18,24H,11H2,1H3/b19-17-. The number of benzene rings is 1. The van der Waals surface area contributed by atoms with Crippen LogP contribution in [0.1, 0.15) is 21.4 Å². The number of hydrogen-bond donors (Lipinski definition) is 1. The molecule has 1 aromatic carbocycles. The van der Waals surface area contributed by atoms with E-state index >= 15 is 0 Å². The first-order chi connectivity index (χ1) is 14.0. The van der Waals surface area contributed by atoms with Crippen molar-refractivity contribution in [3.05, 3.63) is 79.9 Å². The Labute approximate surface area is 174 Å². The highest BCUT2D eigenvalue weighted by atomic mass is 32.1. The lowest BCUT2D eigenvalue weighted by Gasteiger charge is -2.23. The number of carbonyl (C=O) groups excluding carboxylic acids is 2. The lowest BCUT2D eigenvalue weighted by molar-refractivity contribution is -0.140. The number of amides is 1. The van der Waals surface area contributed by atoms with Crippen LogP contribution in [0.25, 0.3) is 5.76 Å². The Morgan fingerprint density at radius 2 is 1.93 bits per heavy atom. The minimum Gasteiger partial charge on any atom is -0.507 e. The molecule has 0 bridgehead atoms. The molecule has 1 fully saturated rings. The molecule has 1 amide bonds. The molecule has 1 aliphatic heterocycles. The highest BCUT2D eigenvalue weighted by Crippen LogP contribution is 2.43. The van der Waals surface area contributed by atoms with Gasteiger partial charge >= 0.3 is 0 Å². The number of likely N-dealkylation sites (tertiary alicyclic amines) is 1. The van der Waals surface area contributed by atoms with Crippen molar-refractivity contribution >= 4 is 40.1 Å². The maximum absolute atomic E-state index is 13.9. The zero-order valence-electron chi connectivity index (χ0n) is 15.3. The number of halogens is 1. The van der Waals surface area contributed by atoms with Crippen molar-refractivity contribution in [2.24, 2.45) is 0 Å². The predicted octanol–water partition coefficient (Wildman–Crippen LogP) is 4.58. The molecule has 4 rings (SSSR count). The average molecular weight is 429 g/mol. The number of aliphatic hydroxyl groups excluding tert-OH is 1. The fourth-order valence-electron chi connectivity index (χ4n) is 3.37. The Morgan fingerprint density at radius 3 is 2.59 bits per heavy atom. The second-order valence-corrected chi connectivity index (χ2v) is 8.38. The summed E-state index contributed by atoms with van der Waals surface area (Å²) in [6.45, 7) is 0.238. The third kappa shape index (κ3) is 3.45.